The molecule has 0 bridgehead atoms. The summed E-state index contributed by atoms with van der Waals surface area (Å²) in [5.74, 6) is -1.38. The maximum Gasteiger partial charge on any atom is 0.249 e. The fourth-order valence-electron chi connectivity index (χ4n) is 4.08. The molecule has 4 rings (SSSR count). The molecule has 1 aliphatic heterocycles. The second-order valence-electron chi connectivity index (χ2n) is 8.12. The Labute approximate surface area is 179 Å². The van der Waals surface area contributed by atoms with Gasteiger partial charge in [-0.15, -0.1) is 11.3 Å². The van der Waals surface area contributed by atoms with E-state index in [0.29, 0.717) is 30.1 Å². The number of hydrogen-bond acceptors (Lipinski definition) is 6. The fourth-order valence-corrected chi connectivity index (χ4v) is 4.80. The topological polar surface area (TPSA) is 92.3 Å². The van der Waals surface area contributed by atoms with Crippen LogP contribution in [0.4, 0.5) is 5.13 Å². The number of rotatable bonds is 6. The van der Waals surface area contributed by atoms with Crippen LogP contribution in [0.15, 0.2) is 42.1 Å². The molecule has 0 radical (unpaired) electrons. The molecule has 3 atom stereocenters. The van der Waals surface area contributed by atoms with Crippen LogP contribution in [0.25, 0.3) is 11.3 Å². The minimum Gasteiger partial charge on any atom is -0.300 e. The molecule has 156 valence electrons. The van der Waals surface area contributed by atoms with Crippen molar-refractivity contribution in [2.24, 2.45) is 17.8 Å². The summed E-state index contributed by atoms with van der Waals surface area (Å²) in [7, 11) is 0. The summed E-state index contributed by atoms with van der Waals surface area (Å²) in [5, 5.41) is 5.10. The number of thiazole rings is 1. The second kappa shape index (κ2) is 8.47. The Balaban J connectivity index is 1.54. The van der Waals surface area contributed by atoms with Gasteiger partial charge in [-0.1, -0.05) is 26.0 Å². The van der Waals surface area contributed by atoms with Gasteiger partial charge in [-0.2, -0.15) is 0 Å². The zero-order valence-electron chi connectivity index (χ0n) is 16.9. The van der Waals surface area contributed by atoms with Crippen LogP contribution < -0.4 is 5.32 Å². The zero-order chi connectivity index (χ0) is 21.3. The molecule has 0 spiro atoms. The first-order chi connectivity index (χ1) is 14.5. The smallest absolute Gasteiger partial charge is 0.249 e. The molecule has 8 heteroatoms. The summed E-state index contributed by atoms with van der Waals surface area (Å²) in [5.41, 5.74) is 1.57. The van der Waals surface area contributed by atoms with Crippen molar-refractivity contribution in [1.82, 2.24) is 14.9 Å². The standard InChI is InChI=1S/C22H24N4O3S/c1-13(2)10-18(26-20(28)15-7-3-4-8-16(15)21(26)29)19(27)25-22-24-17(12-30-22)14-6-5-9-23-11-14/h3-6,9,11-13,15-16,18H,7-8,10H2,1-2H3,(H,24,25,27). The van der Waals surface area contributed by atoms with Crippen molar-refractivity contribution >= 4 is 34.2 Å². The quantitative estimate of drug-likeness (QED) is 0.566. The first kappa shape index (κ1) is 20.4. The molecule has 1 aliphatic carbocycles. The zero-order valence-corrected chi connectivity index (χ0v) is 17.8. The van der Waals surface area contributed by atoms with Crippen molar-refractivity contribution < 1.29 is 14.4 Å². The predicted octanol–water partition coefficient (Wildman–Crippen LogP) is 3.51. The minimum absolute atomic E-state index is 0.143. The predicted molar refractivity (Wildman–Crippen MR) is 114 cm³/mol. The lowest BCUT2D eigenvalue weighted by atomic mass is 9.85. The molecule has 0 saturated carbocycles. The van der Waals surface area contributed by atoms with Crippen molar-refractivity contribution in [1.29, 1.82) is 0 Å². The van der Waals surface area contributed by atoms with Crippen LogP contribution in [-0.2, 0) is 14.4 Å². The number of likely N-dealkylation sites (tertiary alicyclic amines) is 1. The Morgan fingerprint density at radius 1 is 1.23 bits per heavy atom. The molecule has 3 amide bonds. The molecule has 3 heterocycles. The average molecular weight is 425 g/mol. The maximum atomic E-state index is 13.2. The third kappa shape index (κ3) is 3.92. The highest BCUT2D eigenvalue weighted by Gasteiger charge is 2.51. The van der Waals surface area contributed by atoms with Gasteiger partial charge in [0.05, 0.1) is 17.5 Å². The lowest BCUT2D eigenvalue weighted by Crippen LogP contribution is -2.48. The van der Waals surface area contributed by atoms with Crippen LogP contribution >= 0.6 is 11.3 Å². The first-order valence-corrected chi connectivity index (χ1v) is 11.0. The highest BCUT2D eigenvalue weighted by molar-refractivity contribution is 7.14. The molecule has 0 aromatic carbocycles. The van der Waals surface area contributed by atoms with Gasteiger partial charge in [-0.05, 0) is 37.3 Å². The number of carbonyl (C=O) groups is 3. The van der Waals surface area contributed by atoms with Crippen molar-refractivity contribution in [2.75, 3.05) is 5.32 Å². The molecule has 7 nitrogen and oxygen atoms in total. The summed E-state index contributed by atoms with van der Waals surface area (Å²) < 4.78 is 0. The molecule has 1 N–H and O–H groups in total. The minimum atomic E-state index is -0.832. The van der Waals surface area contributed by atoms with Gasteiger partial charge in [0.25, 0.3) is 0 Å². The Bertz CT molecular complexity index is 959. The van der Waals surface area contributed by atoms with Crippen LogP contribution in [-0.4, -0.2) is 38.6 Å². The monoisotopic (exact) mass is 424 g/mol. The van der Waals surface area contributed by atoms with E-state index >= 15 is 0 Å². The van der Waals surface area contributed by atoms with Gasteiger partial charge in [0.1, 0.15) is 6.04 Å². The number of carbonyl (C=O) groups excluding carboxylic acids is 3. The summed E-state index contributed by atoms with van der Waals surface area (Å²) in [6.07, 6.45) is 8.82. The molecule has 2 aromatic heterocycles. The number of allylic oxidation sites excluding steroid dienone is 2. The molecule has 30 heavy (non-hydrogen) atoms. The van der Waals surface area contributed by atoms with Gasteiger partial charge in [-0.3, -0.25) is 24.3 Å². The summed E-state index contributed by atoms with van der Waals surface area (Å²) in [6.45, 7) is 3.95. The van der Waals surface area contributed by atoms with Crippen molar-refractivity contribution in [3.8, 4) is 11.3 Å². The van der Waals surface area contributed by atoms with Crippen LogP contribution in [0, 0.1) is 17.8 Å². The molecule has 2 aromatic rings. The third-order valence-electron chi connectivity index (χ3n) is 5.54. The van der Waals surface area contributed by atoms with Crippen LogP contribution in [0.2, 0.25) is 0 Å². The Kier molecular flexibility index (Phi) is 5.76. The van der Waals surface area contributed by atoms with Gasteiger partial charge in [0, 0.05) is 23.3 Å². The fraction of sp³-hybridized carbons (Fsp3) is 0.409. The normalized spacial score (nSPS) is 21.8. The molecule has 3 unspecified atom stereocenters. The number of fused-ring (bicyclic) bond motifs is 1. The molecule has 1 fully saturated rings. The summed E-state index contributed by atoms with van der Waals surface area (Å²) >= 11 is 1.30. The summed E-state index contributed by atoms with van der Waals surface area (Å²) in [4.78, 5) is 48.9. The van der Waals surface area contributed by atoms with E-state index in [1.807, 2.05) is 43.5 Å². The molecule has 2 aliphatic rings. The molecule has 1 saturated heterocycles. The highest BCUT2D eigenvalue weighted by Crippen LogP contribution is 2.37. The van der Waals surface area contributed by atoms with Gasteiger partial charge in [0.2, 0.25) is 17.7 Å². The van der Waals surface area contributed by atoms with E-state index in [1.165, 1.54) is 16.2 Å². The average Bonchev–Trinajstić information content (AvgIpc) is 3.30. The largest absolute Gasteiger partial charge is 0.300 e. The molecular formula is C22H24N4O3S. The number of imide groups is 1. The Hall–Kier alpha value is -2.87. The van der Waals surface area contributed by atoms with E-state index in [-0.39, 0.29) is 35.5 Å². The number of nitrogens with one attached hydrogen (secondary N) is 1. The number of aromatic nitrogens is 2. The highest BCUT2D eigenvalue weighted by atomic mass is 32.1. The summed E-state index contributed by atoms with van der Waals surface area (Å²) in [6, 6.07) is 2.89. The number of pyridine rings is 1. The molecular weight excluding hydrogens is 400 g/mol. The van der Waals surface area contributed by atoms with Gasteiger partial charge in [-0.25, -0.2) is 4.98 Å². The van der Waals surface area contributed by atoms with Crippen LogP contribution in [0.1, 0.15) is 33.1 Å². The number of nitrogens with zero attached hydrogens (tertiary/aromatic N) is 3. The van der Waals surface area contributed by atoms with Crippen molar-refractivity contribution in [3.63, 3.8) is 0 Å². The number of anilines is 1. The lowest BCUT2D eigenvalue weighted by Gasteiger charge is -2.27. The first-order valence-electron chi connectivity index (χ1n) is 10.1. The van der Waals surface area contributed by atoms with Gasteiger partial charge >= 0.3 is 0 Å². The van der Waals surface area contributed by atoms with Crippen LogP contribution in [0.3, 0.4) is 0 Å². The van der Waals surface area contributed by atoms with E-state index in [2.05, 4.69) is 15.3 Å². The van der Waals surface area contributed by atoms with E-state index < -0.39 is 6.04 Å². The van der Waals surface area contributed by atoms with Crippen LogP contribution in [0.5, 0.6) is 0 Å². The number of hydrogen-bond donors (Lipinski definition) is 1. The Morgan fingerprint density at radius 3 is 2.53 bits per heavy atom. The van der Waals surface area contributed by atoms with Crippen molar-refractivity contribution in [2.45, 2.75) is 39.2 Å². The SMILES string of the molecule is CC(C)CC(C(=O)Nc1nc(-c2cccnc2)cs1)N1C(=O)C2CC=CCC2C1=O. The maximum absolute atomic E-state index is 13.2. The van der Waals surface area contributed by atoms with E-state index in [9.17, 15) is 14.4 Å². The van der Waals surface area contributed by atoms with E-state index in [1.54, 1.807) is 12.4 Å². The van der Waals surface area contributed by atoms with E-state index in [0.717, 1.165) is 5.56 Å². The van der Waals surface area contributed by atoms with Crippen molar-refractivity contribution in [3.05, 3.63) is 42.1 Å². The van der Waals surface area contributed by atoms with Gasteiger partial charge < -0.3 is 5.32 Å². The van der Waals surface area contributed by atoms with E-state index in [4.69, 9.17) is 0 Å². The third-order valence-corrected chi connectivity index (χ3v) is 6.30. The Morgan fingerprint density at radius 2 is 1.93 bits per heavy atom. The number of amides is 3. The lowest BCUT2D eigenvalue weighted by molar-refractivity contribution is -0.147. The van der Waals surface area contributed by atoms with Gasteiger partial charge in [0.15, 0.2) is 5.13 Å². The second-order valence-corrected chi connectivity index (χ2v) is 8.97.